The Kier molecular flexibility index (Phi) is 4.84. The zero-order valence-electron chi connectivity index (χ0n) is 9.24. The second-order valence-electron chi connectivity index (χ2n) is 4.00. The Labute approximate surface area is 102 Å². The predicted molar refractivity (Wildman–Crippen MR) is 62.1 cm³/mol. The van der Waals surface area contributed by atoms with Crippen LogP contribution < -0.4 is 0 Å². The maximum atomic E-state index is 13.4. The molecule has 0 spiro atoms. The van der Waals surface area contributed by atoms with Crippen molar-refractivity contribution in [3.63, 3.8) is 0 Å². The SMILES string of the molecule is CCC(C)CC(Br)c1c(F)cc(F)cc1F. The van der Waals surface area contributed by atoms with Crippen molar-refractivity contribution in [2.75, 3.05) is 0 Å². The first-order valence-corrected chi connectivity index (χ1v) is 6.15. The van der Waals surface area contributed by atoms with E-state index < -0.39 is 22.3 Å². The first-order valence-electron chi connectivity index (χ1n) is 5.24. The second kappa shape index (κ2) is 5.71. The number of halogens is 4. The van der Waals surface area contributed by atoms with Crippen molar-refractivity contribution in [2.45, 2.75) is 31.5 Å². The van der Waals surface area contributed by atoms with Crippen LogP contribution >= 0.6 is 15.9 Å². The Morgan fingerprint density at radius 1 is 1.19 bits per heavy atom. The lowest BCUT2D eigenvalue weighted by atomic mass is 9.98. The molecule has 16 heavy (non-hydrogen) atoms. The summed E-state index contributed by atoms with van der Waals surface area (Å²) >= 11 is 3.25. The number of benzene rings is 1. The Hall–Kier alpha value is -0.510. The molecule has 90 valence electrons. The molecule has 0 bridgehead atoms. The van der Waals surface area contributed by atoms with Crippen LogP contribution in [0.15, 0.2) is 12.1 Å². The van der Waals surface area contributed by atoms with E-state index in [0.29, 0.717) is 24.5 Å². The van der Waals surface area contributed by atoms with Crippen molar-refractivity contribution in [2.24, 2.45) is 5.92 Å². The summed E-state index contributed by atoms with van der Waals surface area (Å²) in [6.45, 7) is 4.02. The summed E-state index contributed by atoms with van der Waals surface area (Å²) < 4.78 is 39.5. The largest absolute Gasteiger partial charge is 0.207 e. The smallest absolute Gasteiger partial charge is 0.133 e. The van der Waals surface area contributed by atoms with Crippen molar-refractivity contribution in [3.05, 3.63) is 35.1 Å². The molecule has 1 aromatic rings. The van der Waals surface area contributed by atoms with Crippen LogP contribution in [-0.2, 0) is 0 Å². The highest BCUT2D eigenvalue weighted by molar-refractivity contribution is 9.09. The summed E-state index contributed by atoms with van der Waals surface area (Å²) in [4.78, 5) is -0.414. The van der Waals surface area contributed by atoms with E-state index in [9.17, 15) is 13.2 Å². The molecule has 0 fully saturated rings. The zero-order chi connectivity index (χ0) is 12.3. The Balaban J connectivity index is 2.95. The molecule has 0 heterocycles. The summed E-state index contributed by atoms with van der Waals surface area (Å²) in [5.74, 6) is -2.19. The average molecular weight is 295 g/mol. The van der Waals surface area contributed by atoms with Crippen LogP contribution in [0.2, 0.25) is 0 Å². The van der Waals surface area contributed by atoms with Gasteiger partial charge < -0.3 is 0 Å². The lowest BCUT2D eigenvalue weighted by Crippen LogP contribution is -2.04. The first-order chi connectivity index (χ1) is 7.45. The van der Waals surface area contributed by atoms with Crippen LogP contribution in [0.1, 0.15) is 37.1 Å². The normalized spacial score (nSPS) is 14.9. The standard InChI is InChI=1S/C12H14BrF3/c1-3-7(2)4-9(13)12-10(15)5-8(14)6-11(12)16/h5-7,9H,3-4H2,1-2H3. The molecule has 0 saturated carbocycles. The van der Waals surface area contributed by atoms with Crippen LogP contribution in [-0.4, -0.2) is 0 Å². The Morgan fingerprint density at radius 3 is 2.12 bits per heavy atom. The monoisotopic (exact) mass is 294 g/mol. The van der Waals surface area contributed by atoms with Crippen LogP contribution in [0.25, 0.3) is 0 Å². The maximum Gasteiger partial charge on any atom is 0.133 e. The molecule has 0 radical (unpaired) electrons. The van der Waals surface area contributed by atoms with Crippen LogP contribution in [0, 0.1) is 23.4 Å². The van der Waals surface area contributed by atoms with Gasteiger partial charge in [0.05, 0.1) is 0 Å². The molecule has 0 nitrogen and oxygen atoms in total. The van der Waals surface area contributed by atoms with Crippen molar-refractivity contribution in [1.29, 1.82) is 0 Å². The van der Waals surface area contributed by atoms with Crippen molar-refractivity contribution in [3.8, 4) is 0 Å². The maximum absolute atomic E-state index is 13.4. The third-order valence-electron chi connectivity index (χ3n) is 2.66. The van der Waals surface area contributed by atoms with Crippen molar-refractivity contribution >= 4 is 15.9 Å². The fraction of sp³-hybridized carbons (Fsp3) is 0.500. The highest BCUT2D eigenvalue weighted by Crippen LogP contribution is 2.34. The van der Waals surface area contributed by atoms with E-state index in [2.05, 4.69) is 15.9 Å². The Morgan fingerprint density at radius 2 is 1.69 bits per heavy atom. The fourth-order valence-corrected chi connectivity index (χ4v) is 2.57. The molecule has 2 unspecified atom stereocenters. The van der Waals surface area contributed by atoms with Crippen LogP contribution in [0.3, 0.4) is 0 Å². The van der Waals surface area contributed by atoms with E-state index in [1.54, 1.807) is 0 Å². The highest BCUT2D eigenvalue weighted by Gasteiger charge is 2.20. The van der Waals surface area contributed by atoms with Gasteiger partial charge in [-0.1, -0.05) is 36.2 Å². The number of rotatable bonds is 4. The highest BCUT2D eigenvalue weighted by atomic mass is 79.9. The van der Waals surface area contributed by atoms with Gasteiger partial charge in [0.25, 0.3) is 0 Å². The summed E-state index contributed by atoms with van der Waals surface area (Å²) in [6.07, 6.45) is 1.56. The molecule has 0 aliphatic heterocycles. The molecule has 0 aromatic heterocycles. The van der Waals surface area contributed by atoms with E-state index in [-0.39, 0.29) is 5.56 Å². The molecule has 0 aliphatic rings. The third kappa shape index (κ3) is 3.24. The minimum Gasteiger partial charge on any atom is -0.207 e. The lowest BCUT2D eigenvalue weighted by Gasteiger charge is -2.16. The Bertz CT molecular complexity index is 342. The molecule has 1 rings (SSSR count). The summed E-state index contributed by atoms with van der Waals surface area (Å²) in [6, 6.07) is 1.42. The summed E-state index contributed by atoms with van der Waals surface area (Å²) in [5, 5.41) is 0. The lowest BCUT2D eigenvalue weighted by molar-refractivity contribution is 0.479. The first kappa shape index (κ1) is 13.6. The fourth-order valence-electron chi connectivity index (χ4n) is 1.49. The van der Waals surface area contributed by atoms with Gasteiger partial charge in [0.15, 0.2) is 0 Å². The molecule has 4 heteroatoms. The molecule has 1 aromatic carbocycles. The number of hydrogen-bond acceptors (Lipinski definition) is 0. The molecular formula is C12H14BrF3. The van der Waals surface area contributed by atoms with Gasteiger partial charge in [-0.3, -0.25) is 0 Å². The van der Waals surface area contributed by atoms with Gasteiger partial charge in [-0.25, -0.2) is 13.2 Å². The minimum absolute atomic E-state index is 0.0818. The molecule has 0 amide bonds. The van der Waals surface area contributed by atoms with Gasteiger partial charge in [-0.05, 0) is 12.3 Å². The molecule has 2 atom stereocenters. The minimum atomic E-state index is -0.887. The second-order valence-corrected chi connectivity index (χ2v) is 5.11. The van der Waals surface area contributed by atoms with E-state index in [4.69, 9.17) is 0 Å². The molecule has 0 aliphatic carbocycles. The quantitative estimate of drug-likeness (QED) is 0.687. The topological polar surface area (TPSA) is 0 Å². The molecule has 0 N–H and O–H groups in total. The van der Waals surface area contributed by atoms with E-state index in [0.717, 1.165) is 6.42 Å². The van der Waals surface area contributed by atoms with Crippen molar-refractivity contribution < 1.29 is 13.2 Å². The van der Waals surface area contributed by atoms with E-state index in [1.165, 1.54) is 0 Å². The number of hydrogen-bond donors (Lipinski definition) is 0. The van der Waals surface area contributed by atoms with Crippen LogP contribution in [0.5, 0.6) is 0 Å². The summed E-state index contributed by atoms with van der Waals surface area (Å²) in [5.41, 5.74) is -0.0818. The average Bonchev–Trinajstić information content (AvgIpc) is 2.15. The molecular weight excluding hydrogens is 281 g/mol. The van der Waals surface area contributed by atoms with Gasteiger partial charge in [-0.15, -0.1) is 0 Å². The molecule has 0 saturated heterocycles. The van der Waals surface area contributed by atoms with E-state index >= 15 is 0 Å². The summed E-state index contributed by atoms with van der Waals surface area (Å²) in [7, 11) is 0. The third-order valence-corrected chi connectivity index (χ3v) is 3.49. The number of alkyl halides is 1. The van der Waals surface area contributed by atoms with Gasteiger partial charge in [-0.2, -0.15) is 0 Å². The van der Waals surface area contributed by atoms with E-state index in [1.807, 2.05) is 13.8 Å². The van der Waals surface area contributed by atoms with Crippen LogP contribution in [0.4, 0.5) is 13.2 Å². The van der Waals surface area contributed by atoms with Gasteiger partial charge >= 0.3 is 0 Å². The van der Waals surface area contributed by atoms with Gasteiger partial charge in [0.1, 0.15) is 17.5 Å². The van der Waals surface area contributed by atoms with Crippen molar-refractivity contribution in [1.82, 2.24) is 0 Å². The van der Waals surface area contributed by atoms with Gasteiger partial charge in [0, 0.05) is 22.5 Å². The zero-order valence-corrected chi connectivity index (χ0v) is 10.8. The van der Waals surface area contributed by atoms with Gasteiger partial charge in [0.2, 0.25) is 0 Å². The predicted octanol–water partition coefficient (Wildman–Crippen LogP) is 4.98.